The maximum absolute atomic E-state index is 12.7. The van der Waals surface area contributed by atoms with Gasteiger partial charge in [0.25, 0.3) is 17.0 Å². The van der Waals surface area contributed by atoms with E-state index in [1.54, 1.807) is 31.3 Å². The number of rotatable bonds is 12. The minimum atomic E-state index is -1.18. The summed E-state index contributed by atoms with van der Waals surface area (Å²) in [6.07, 6.45) is 8.99. The Morgan fingerprint density at radius 2 is 1.95 bits per heavy atom. The lowest BCUT2D eigenvalue weighted by Gasteiger charge is -2.11. The molecule has 3 aromatic rings. The number of carboxylic acids is 1. The molecule has 0 aliphatic heterocycles. The second-order valence-electron chi connectivity index (χ2n) is 9.06. The van der Waals surface area contributed by atoms with Crippen LogP contribution in [0.15, 0.2) is 48.8 Å². The molecule has 0 bridgehead atoms. The van der Waals surface area contributed by atoms with E-state index in [1.807, 2.05) is 12.1 Å². The van der Waals surface area contributed by atoms with E-state index in [2.05, 4.69) is 20.6 Å². The van der Waals surface area contributed by atoms with E-state index < -0.39 is 23.8 Å². The summed E-state index contributed by atoms with van der Waals surface area (Å²) in [6, 6.07) is 6.63. The molecule has 0 saturated heterocycles. The van der Waals surface area contributed by atoms with Gasteiger partial charge in [0, 0.05) is 30.1 Å². The highest BCUT2D eigenvalue weighted by atomic mass is 35.5. The minimum absolute atomic E-state index is 0.0586. The van der Waals surface area contributed by atoms with Gasteiger partial charge in [-0.25, -0.2) is 4.98 Å². The first-order valence-corrected chi connectivity index (χ1v) is 13.4. The fraction of sp³-hybridized carbons (Fsp3) is 0.296. The molecule has 4 rings (SSSR count). The average molecular weight is 571 g/mol. The third-order valence-electron chi connectivity index (χ3n) is 5.67. The Morgan fingerprint density at radius 1 is 1.15 bits per heavy atom. The molecule has 1 saturated carbocycles. The normalized spacial score (nSPS) is 14.4. The van der Waals surface area contributed by atoms with Gasteiger partial charge < -0.3 is 25.2 Å². The lowest BCUT2D eigenvalue weighted by atomic mass is 10.2. The molecule has 1 aromatic carbocycles. The molecule has 1 aliphatic rings. The first kappa shape index (κ1) is 28.1. The molecule has 39 heavy (non-hydrogen) atoms. The van der Waals surface area contributed by atoms with Gasteiger partial charge in [-0.3, -0.25) is 19.4 Å². The van der Waals surface area contributed by atoms with Crippen LogP contribution in [-0.4, -0.2) is 51.5 Å². The molecule has 12 heteroatoms. The number of carbonyl (C=O) groups is 3. The molecule has 10 nitrogen and oxygen atoms in total. The van der Waals surface area contributed by atoms with Gasteiger partial charge in [-0.1, -0.05) is 29.0 Å². The molecule has 1 fully saturated rings. The number of carboxylic acid groups (broad SMARTS) is 1. The Labute approximate surface area is 234 Å². The zero-order valence-electron chi connectivity index (χ0n) is 21.2. The van der Waals surface area contributed by atoms with Gasteiger partial charge >= 0.3 is 5.97 Å². The number of aromatic nitrogens is 2. The SMILES string of the molecule is C[C@@H](/C=C/c1cnc(Oc2ccc(OCC3CC3)cc2Cl)s1)NC(=O)c1ccnc(C(=O)N[C@H](C)C(=O)O)c1. The van der Waals surface area contributed by atoms with E-state index in [-0.39, 0.29) is 17.3 Å². The Kier molecular flexibility index (Phi) is 9.15. The molecule has 2 heterocycles. The Morgan fingerprint density at radius 3 is 2.67 bits per heavy atom. The molecular weight excluding hydrogens is 544 g/mol. The number of hydrogen-bond acceptors (Lipinski definition) is 8. The van der Waals surface area contributed by atoms with Crippen LogP contribution in [-0.2, 0) is 4.79 Å². The largest absolute Gasteiger partial charge is 0.493 e. The first-order valence-electron chi connectivity index (χ1n) is 12.2. The number of nitrogens with one attached hydrogen (secondary N) is 2. The first-order chi connectivity index (χ1) is 18.7. The molecule has 1 aliphatic carbocycles. The maximum atomic E-state index is 12.7. The van der Waals surface area contributed by atoms with Crippen LogP contribution in [0, 0.1) is 5.92 Å². The summed E-state index contributed by atoms with van der Waals surface area (Å²) < 4.78 is 11.6. The molecule has 204 valence electrons. The second kappa shape index (κ2) is 12.7. The van der Waals surface area contributed by atoms with Crippen LogP contribution in [0.4, 0.5) is 0 Å². The Hall–Kier alpha value is -3.96. The van der Waals surface area contributed by atoms with Crippen molar-refractivity contribution in [3.8, 4) is 16.7 Å². The number of benzene rings is 1. The summed E-state index contributed by atoms with van der Waals surface area (Å²) >= 11 is 7.66. The number of thiazole rings is 1. The monoisotopic (exact) mass is 570 g/mol. The van der Waals surface area contributed by atoms with Crippen molar-refractivity contribution in [1.29, 1.82) is 0 Å². The van der Waals surface area contributed by atoms with E-state index in [0.717, 1.165) is 4.88 Å². The molecule has 0 spiro atoms. The second-order valence-corrected chi connectivity index (χ2v) is 10.5. The van der Waals surface area contributed by atoms with Crippen molar-refractivity contribution >= 4 is 46.8 Å². The quantitative estimate of drug-likeness (QED) is 0.282. The van der Waals surface area contributed by atoms with Crippen LogP contribution < -0.4 is 20.1 Å². The summed E-state index contributed by atoms with van der Waals surface area (Å²) in [5.74, 6) is -0.447. The molecule has 0 radical (unpaired) electrons. The molecule has 3 N–H and O–H groups in total. The van der Waals surface area contributed by atoms with Crippen LogP contribution >= 0.6 is 22.9 Å². The van der Waals surface area contributed by atoms with E-state index >= 15 is 0 Å². The number of carbonyl (C=O) groups excluding carboxylic acids is 2. The molecule has 2 amide bonds. The van der Waals surface area contributed by atoms with Crippen LogP contribution in [0.3, 0.4) is 0 Å². The van der Waals surface area contributed by atoms with Gasteiger partial charge in [-0.15, -0.1) is 0 Å². The van der Waals surface area contributed by atoms with Gasteiger partial charge in [0.15, 0.2) is 0 Å². The number of nitrogens with zero attached hydrogens (tertiary/aromatic N) is 2. The van der Waals surface area contributed by atoms with Crippen molar-refractivity contribution in [2.45, 2.75) is 38.8 Å². The highest BCUT2D eigenvalue weighted by molar-refractivity contribution is 7.14. The van der Waals surface area contributed by atoms with Gasteiger partial charge in [-0.05, 0) is 62.9 Å². The standard InChI is InChI=1S/C27H27ClN4O6S/c1-15(31-24(33)18-9-10-29-22(11-18)25(34)32-16(2)26(35)36)3-7-20-13-30-27(39-20)38-23-8-6-19(12-21(23)28)37-14-17-4-5-17/h3,6-13,15-17H,4-5,14H2,1-2H3,(H,31,33)(H,32,34)(H,35,36)/b7-3+/t15-,16+/m0/s1. The highest BCUT2D eigenvalue weighted by Crippen LogP contribution is 2.35. The predicted molar refractivity (Wildman–Crippen MR) is 147 cm³/mol. The fourth-order valence-electron chi connectivity index (χ4n) is 3.25. The van der Waals surface area contributed by atoms with Crippen LogP contribution in [0.1, 0.15) is 52.4 Å². The number of hydrogen-bond donors (Lipinski definition) is 3. The van der Waals surface area contributed by atoms with Crippen molar-refractivity contribution in [3.63, 3.8) is 0 Å². The Balaban J connectivity index is 1.30. The number of amides is 2. The molecule has 0 unspecified atom stereocenters. The predicted octanol–water partition coefficient (Wildman–Crippen LogP) is 4.81. The average Bonchev–Trinajstić information content (AvgIpc) is 3.64. The van der Waals surface area contributed by atoms with E-state index in [0.29, 0.717) is 34.2 Å². The number of ether oxygens (including phenoxy) is 2. The fourth-order valence-corrected chi connectivity index (χ4v) is 4.15. The minimum Gasteiger partial charge on any atom is -0.493 e. The van der Waals surface area contributed by atoms with Crippen molar-refractivity contribution < 1.29 is 29.0 Å². The summed E-state index contributed by atoms with van der Waals surface area (Å²) in [6.45, 7) is 3.83. The van der Waals surface area contributed by atoms with Gasteiger partial charge in [0.1, 0.15) is 23.2 Å². The van der Waals surface area contributed by atoms with E-state index in [9.17, 15) is 14.4 Å². The lowest BCUT2D eigenvalue weighted by molar-refractivity contribution is -0.138. The summed E-state index contributed by atoms with van der Waals surface area (Å²) in [7, 11) is 0. The number of pyridine rings is 1. The topological polar surface area (TPSA) is 140 Å². The molecule has 2 aromatic heterocycles. The molecule has 2 atom stereocenters. The summed E-state index contributed by atoms with van der Waals surface area (Å²) in [4.78, 5) is 44.8. The Bertz CT molecular complexity index is 1390. The molecular formula is C27H27ClN4O6S. The zero-order chi connectivity index (χ0) is 27.9. The number of halogens is 1. The van der Waals surface area contributed by atoms with Crippen molar-refractivity contribution in [3.05, 3.63) is 70.0 Å². The van der Waals surface area contributed by atoms with Crippen LogP contribution in [0.2, 0.25) is 5.02 Å². The van der Waals surface area contributed by atoms with Crippen molar-refractivity contribution in [2.24, 2.45) is 5.92 Å². The van der Waals surface area contributed by atoms with Crippen LogP contribution in [0.5, 0.6) is 16.7 Å². The van der Waals surface area contributed by atoms with E-state index in [4.69, 9.17) is 26.2 Å². The van der Waals surface area contributed by atoms with Gasteiger partial charge in [0.2, 0.25) is 0 Å². The zero-order valence-corrected chi connectivity index (χ0v) is 22.8. The maximum Gasteiger partial charge on any atom is 0.325 e. The van der Waals surface area contributed by atoms with Crippen molar-refractivity contribution in [1.82, 2.24) is 20.6 Å². The highest BCUT2D eigenvalue weighted by Gasteiger charge is 2.22. The number of aliphatic carboxylic acids is 1. The van der Waals surface area contributed by atoms with Crippen LogP contribution in [0.25, 0.3) is 6.08 Å². The van der Waals surface area contributed by atoms with E-state index in [1.165, 1.54) is 49.4 Å². The van der Waals surface area contributed by atoms with Gasteiger partial charge in [0.05, 0.1) is 16.5 Å². The third-order valence-corrected chi connectivity index (χ3v) is 6.80. The lowest BCUT2D eigenvalue weighted by Crippen LogP contribution is -2.38. The van der Waals surface area contributed by atoms with Gasteiger partial charge in [-0.2, -0.15) is 0 Å². The third kappa shape index (κ3) is 8.26. The smallest absolute Gasteiger partial charge is 0.325 e. The summed E-state index contributed by atoms with van der Waals surface area (Å²) in [5.41, 5.74) is 0.157. The van der Waals surface area contributed by atoms with Crippen molar-refractivity contribution in [2.75, 3.05) is 6.61 Å². The summed E-state index contributed by atoms with van der Waals surface area (Å²) in [5, 5.41) is 14.9.